The third-order valence-electron chi connectivity index (χ3n) is 2.27. The average Bonchev–Trinajstić information content (AvgIpc) is 2.52. The SMILES string of the molecule is CC.COC(=O)c1cccc(C)c1.Sc1ccc(Br)cc1. The van der Waals surface area contributed by atoms with Gasteiger partial charge in [-0.3, -0.25) is 0 Å². The summed E-state index contributed by atoms with van der Waals surface area (Å²) in [6.07, 6.45) is 0. The van der Waals surface area contributed by atoms with Crippen molar-refractivity contribution in [3.8, 4) is 0 Å². The van der Waals surface area contributed by atoms with Crippen LogP contribution < -0.4 is 0 Å². The molecule has 2 nitrogen and oxygen atoms in total. The van der Waals surface area contributed by atoms with E-state index in [0.717, 1.165) is 14.9 Å². The number of thiol groups is 1. The number of ether oxygens (including phenoxy) is 1. The summed E-state index contributed by atoms with van der Waals surface area (Å²) in [7, 11) is 1.38. The van der Waals surface area contributed by atoms with Crippen LogP contribution >= 0.6 is 28.6 Å². The van der Waals surface area contributed by atoms with Crippen LogP contribution in [0.4, 0.5) is 0 Å². The maximum absolute atomic E-state index is 10.9. The minimum Gasteiger partial charge on any atom is -0.465 e. The van der Waals surface area contributed by atoms with Crippen LogP contribution in [0.5, 0.6) is 0 Å². The number of carbonyl (C=O) groups is 1. The van der Waals surface area contributed by atoms with Crippen molar-refractivity contribution in [2.24, 2.45) is 0 Å². The highest BCUT2D eigenvalue weighted by Crippen LogP contribution is 2.12. The summed E-state index contributed by atoms with van der Waals surface area (Å²) in [6.45, 7) is 5.94. The minimum atomic E-state index is -0.284. The molecular weight excluding hydrogens is 348 g/mol. The zero-order valence-electron chi connectivity index (χ0n) is 12.8. The molecule has 2 aromatic carbocycles. The maximum Gasteiger partial charge on any atom is 0.337 e. The molecule has 0 amide bonds. The van der Waals surface area contributed by atoms with E-state index in [9.17, 15) is 4.79 Å². The Bertz CT molecular complexity index is 518. The van der Waals surface area contributed by atoms with E-state index in [-0.39, 0.29) is 5.97 Å². The van der Waals surface area contributed by atoms with Gasteiger partial charge in [0, 0.05) is 9.37 Å². The van der Waals surface area contributed by atoms with Gasteiger partial charge in [0.1, 0.15) is 0 Å². The highest BCUT2D eigenvalue weighted by Gasteiger charge is 2.02. The first-order chi connectivity index (χ1) is 10.0. The summed E-state index contributed by atoms with van der Waals surface area (Å²) in [6, 6.07) is 15.1. The predicted octanol–water partition coefficient (Wildman–Crippen LogP) is 5.55. The van der Waals surface area contributed by atoms with E-state index < -0.39 is 0 Å². The van der Waals surface area contributed by atoms with E-state index in [1.54, 1.807) is 12.1 Å². The lowest BCUT2D eigenvalue weighted by atomic mass is 10.1. The maximum atomic E-state index is 10.9. The van der Waals surface area contributed by atoms with Gasteiger partial charge < -0.3 is 4.74 Å². The van der Waals surface area contributed by atoms with Gasteiger partial charge in [0.15, 0.2) is 0 Å². The van der Waals surface area contributed by atoms with E-state index in [4.69, 9.17) is 0 Å². The molecule has 0 N–H and O–H groups in total. The van der Waals surface area contributed by atoms with E-state index >= 15 is 0 Å². The summed E-state index contributed by atoms with van der Waals surface area (Å²) < 4.78 is 5.65. The molecule has 0 aliphatic rings. The Labute approximate surface area is 141 Å². The number of aryl methyl sites for hydroxylation is 1. The molecule has 0 saturated carbocycles. The predicted molar refractivity (Wildman–Crippen MR) is 95.3 cm³/mol. The Hall–Kier alpha value is -1.26. The molecule has 0 spiro atoms. The van der Waals surface area contributed by atoms with Crippen LogP contribution in [-0.2, 0) is 4.74 Å². The average molecular weight is 369 g/mol. The molecule has 0 heterocycles. The van der Waals surface area contributed by atoms with Crippen LogP contribution in [0.15, 0.2) is 57.9 Å². The molecule has 0 unspecified atom stereocenters. The number of benzene rings is 2. The number of methoxy groups -OCH3 is 1. The molecule has 0 saturated heterocycles. The standard InChI is InChI=1S/C9H10O2.C6H5BrS.C2H6/c1-7-4-3-5-8(6-7)9(10)11-2;7-5-1-3-6(8)4-2-5;1-2/h3-6H,1-2H3;1-4,8H;1-2H3. The molecule has 21 heavy (non-hydrogen) atoms. The first-order valence-electron chi connectivity index (χ1n) is 6.62. The van der Waals surface area contributed by atoms with Crippen molar-refractivity contribution in [2.45, 2.75) is 25.7 Å². The number of hydrogen-bond acceptors (Lipinski definition) is 3. The molecule has 2 rings (SSSR count). The first-order valence-corrected chi connectivity index (χ1v) is 7.86. The molecule has 0 aromatic heterocycles. The van der Waals surface area contributed by atoms with Crippen LogP contribution in [0.25, 0.3) is 0 Å². The molecule has 0 atom stereocenters. The van der Waals surface area contributed by atoms with Gasteiger partial charge in [-0.2, -0.15) is 0 Å². The fraction of sp³-hybridized carbons (Fsp3) is 0.235. The molecule has 114 valence electrons. The number of hydrogen-bond donors (Lipinski definition) is 1. The molecule has 4 heteroatoms. The number of esters is 1. The second-order valence-corrected chi connectivity index (χ2v) is 5.27. The number of carbonyl (C=O) groups excluding carboxylic acids is 1. The van der Waals surface area contributed by atoms with Crippen LogP contribution in [0.3, 0.4) is 0 Å². The van der Waals surface area contributed by atoms with Gasteiger partial charge in [-0.1, -0.05) is 47.5 Å². The van der Waals surface area contributed by atoms with Crippen molar-refractivity contribution in [3.05, 3.63) is 64.1 Å². The van der Waals surface area contributed by atoms with E-state index in [1.165, 1.54) is 7.11 Å². The Morgan fingerprint density at radius 2 is 1.67 bits per heavy atom. The second kappa shape index (κ2) is 11.4. The molecular formula is C17H21BrO2S. The Kier molecular flexibility index (Phi) is 10.7. The van der Waals surface area contributed by atoms with Gasteiger partial charge in [-0.05, 0) is 43.3 Å². The second-order valence-electron chi connectivity index (χ2n) is 3.84. The van der Waals surface area contributed by atoms with Crippen LogP contribution in [0, 0.1) is 6.92 Å². The smallest absolute Gasteiger partial charge is 0.337 e. The minimum absolute atomic E-state index is 0.284. The summed E-state index contributed by atoms with van der Waals surface area (Å²) in [5, 5.41) is 0. The van der Waals surface area contributed by atoms with Crippen molar-refractivity contribution in [1.82, 2.24) is 0 Å². The van der Waals surface area contributed by atoms with Gasteiger partial charge in [-0.25, -0.2) is 4.79 Å². The van der Waals surface area contributed by atoms with Gasteiger partial charge in [0.05, 0.1) is 12.7 Å². The third-order valence-corrected chi connectivity index (χ3v) is 3.09. The molecule has 0 aliphatic heterocycles. The van der Waals surface area contributed by atoms with E-state index in [1.807, 2.05) is 57.2 Å². The summed E-state index contributed by atoms with van der Waals surface area (Å²) in [4.78, 5) is 11.9. The normalized spacial score (nSPS) is 8.67. The first kappa shape index (κ1) is 19.7. The van der Waals surface area contributed by atoms with Crippen molar-refractivity contribution in [2.75, 3.05) is 7.11 Å². The van der Waals surface area contributed by atoms with Crippen LogP contribution in [0.1, 0.15) is 29.8 Å². The third kappa shape index (κ3) is 8.58. The lowest BCUT2D eigenvalue weighted by molar-refractivity contribution is 0.0600. The molecule has 0 bridgehead atoms. The van der Waals surface area contributed by atoms with E-state index in [2.05, 4.69) is 33.3 Å². The number of halogens is 1. The van der Waals surface area contributed by atoms with Crippen molar-refractivity contribution in [3.63, 3.8) is 0 Å². The Morgan fingerprint density at radius 3 is 2.10 bits per heavy atom. The lowest BCUT2D eigenvalue weighted by Gasteiger charge is -1.98. The molecule has 0 fully saturated rings. The Morgan fingerprint density at radius 1 is 1.10 bits per heavy atom. The van der Waals surface area contributed by atoms with Gasteiger partial charge in [-0.15, -0.1) is 12.6 Å². The fourth-order valence-corrected chi connectivity index (χ4v) is 1.74. The van der Waals surface area contributed by atoms with Crippen LogP contribution in [-0.4, -0.2) is 13.1 Å². The summed E-state index contributed by atoms with van der Waals surface area (Å²) in [5.74, 6) is -0.284. The van der Waals surface area contributed by atoms with Crippen molar-refractivity contribution >= 4 is 34.5 Å². The van der Waals surface area contributed by atoms with Crippen molar-refractivity contribution < 1.29 is 9.53 Å². The zero-order valence-corrected chi connectivity index (χ0v) is 15.2. The summed E-state index contributed by atoms with van der Waals surface area (Å²) >= 11 is 7.42. The highest BCUT2D eigenvalue weighted by atomic mass is 79.9. The quantitative estimate of drug-likeness (QED) is 0.527. The zero-order chi connectivity index (χ0) is 16.3. The largest absolute Gasteiger partial charge is 0.465 e. The Balaban J connectivity index is 0.000000354. The topological polar surface area (TPSA) is 26.3 Å². The van der Waals surface area contributed by atoms with Gasteiger partial charge in [0.2, 0.25) is 0 Å². The highest BCUT2D eigenvalue weighted by molar-refractivity contribution is 9.10. The molecule has 0 radical (unpaired) electrons. The fourth-order valence-electron chi connectivity index (χ4n) is 1.33. The number of rotatable bonds is 1. The van der Waals surface area contributed by atoms with Gasteiger partial charge in [0.25, 0.3) is 0 Å². The monoisotopic (exact) mass is 368 g/mol. The van der Waals surface area contributed by atoms with E-state index in [0.29, 0.717) is 5.56 Å². The lowest BCUT2D eigenvalue weighted by Crippen LogP contribution is -2.00. The molecule has 2 aromatic rings. The van der Waals surface area contributed by atoms with Crippen molar-refractivity contribution in [1.29, 1.82) is 0 Å². The van der Waals surface area contributed by atoms with Crippen LogP contribution in [0.2, 0.25) is 0 Å². The van der Waals surface area contributed by atoms with Gasteiger partial charge >= 0.3 is 5.97 Å². The summed E-state index contributed by atoms with van der Waals surface area (Å²) in [5.41, 5.74) is 1.67. The molecule has 0 aliphatic carbocycles.